The van der Waals surface area contributed by atoms with Crippen molar-refractivity contribution in [2.45, 2.75) is 64.3 Å². The molecule has 4 heteroatoms. The Morgan fingerprint density at radius 2 is 2.16 bits per heavy atom. The average Bonchev–Trinajstić information content (AvgIpc) is 2.61. The van der Waals surface area contributed by atoms with Crippen molar-refractivity contribution in [2.75, 3.05) is 6.54 Å². The van der Waals surface area contributed by atoms with E-state index in [9.17, 15) is 4.79 Å². The zero-order valence-electron chi connectivity index (χ0n) is 12.5. The SMILES string of the molecule is C=C[C@H](C)[C@@H]1NC[C@H]2CC[C@@H]1N2C(=O)OC(C)(C)C. The Hall–Kier alpha value is -1.03. The van der Waals surface area contributed by atoms with E-state index in [2.05, 4.69) is 18.8 Å². The van der Waals surface area contributed by atoms with Crippen LogP contribution >= 0.6 is 0 Å². The van der Waals surface area contributed by atoms with Gasteiger partial charge in [-0.25, -0.2) is 4.79 Å². The van der Waals surface area contributed by atoms with Crippen LogP contribution in [0.1, 0.15) is 40.5 Å². The summed E-state index contributed by atoms with van der Waals surface area (Å²) in [6.45, 7) is 12.6. The topological polar surface area (TPSA) is 41.6 Å². The van der Waals surface area contributed by atoms with Gasteiger partial charge in [-0.05, 0) is 39.5 Å². The Kier molecular flexibility index (Phi) is 3.90. The van der Waals surface area contributed by atoms with Crippen molar-refractivity contribution in [3.05, 3.63) is 12.7 Å². The van der Waals surface area contributed by atoms with Crippen molar-refractivity contribution >= 4 is 6.09 Å². The summed E-state index contributed by atoms with van der Waals surface area (Å²) in [6.07, 6.45) is 3.92. The van der Waals surface area contributed by atoms with Crippen molar-refractivity contribution in [1.82, 2.24) is 10.2 Å². The maximum Gasteiger partial charge on any atom is 0.410 e. The molecule has 0 unspecified atom stereocenters. The number of fused-ring (bicyclic) bond motifs is 2. The van der Waals surface area contributed by atoms with Gasteiger partial charge < -0.3 is 10.1 Å². The first-order chi connectivity index (χ1) is 8.83. The van der Waals surface area contributed by atoms with E-state index in [1.165, 1.54) is 0 Å². The zero-order chi connectivity index (χ0) is 14.2. The number of ether oxygens (including phenoxy) is 1. The fourth-order valence-corrected chi connectivity index (χ4v) is 3.16. The van der Waals surface area contributed by atoms with Crippen LogP contribution in [0.2, 0.25) is 0 Å². The molecule has 0 aliphatic carbocycles. The molecule has 0 aromatic heterocycles. The smallest absolute Gasteiger partial charge is 0.410 e. The van der Waals surface area contributed by atoms with E-state index < -0.39 is 5.60 Å². The van der Waals surface area contributed by atoms with Gasteiger partial charge in [0.1, 0.15) is 5.60 Å². The summed E-state index contributed by atoms with van der Waals surface area (Å²) in [7, 11) is 0. The van der Waals surface area contributed by atoms with Crippen LogP contribution < -0.4 is 5.32 Å². The van der Waals surface area contributed by atoms with Crippen LogP contribution in [0, 0.1) is 5.92 Å². The van der Waals surface area contributed by atoms with E-state index in [1.807, 2.05) is 31.7 Å². The largest absolute Gasteiger partial charge is 0.444 e. The van der Waals surface area contributed by atoms with Crippen LogP contribution in [0.3, 0.4) is 0 Å². The number of rotatable bonds is 2. The molecular formula is C15H26N2O2. The number of nitrogens with zero attached hydrogens (tertiary/aromatic N) is 1. The summed E-state index contributed by atoms with van der Waals surface area (Å²) in [5, 5.41) is 3.56. The number of amides is 1. The zero-order valence-corrected chi connectivity index (χ0v) is 12.5. The number of carbonyl (C=O) groups is 1. The third-order valence-electron chi connectivity index (χ3n) is 4.09. The Bertz CT molecular complexity index is 362. The maximum absolute atomic E-state index is 12.4. The van der Waals surface area contributed by atoms with Crippen molar-refractivity contribution in [2.24, 2.45) is 5.92 Å². The fourth-order valence-electron chi connectivity index (χ4n) is 3.16. The molecule has 0 aromatic carbocycles. The molecule has 0 spiro atoms. The van der Waals surface area contributed by atoms with Crippen molar-refractivity contribution in [3.63, 3.8) is 0 Å². The minimum atomic E-state index is -0.430. The van der Waals surface area contributed by atoms with E-state index in [4.69, 9.17) is 4.74 Å². The second kappa shape index (κ2) is 5.16. The molecule has 2 fully saturated rings. The summed E-state index contributed by atoms with van der Waals surface area (Å²) < 4.78 is 5.55. The van der Waals surface area contributed by atoms with Gasteiger partial charge in [0.25, 0.3) is 0 Å². The molecule has 0 radical (unpaired) electrons. The highest BCUT2D eigenvalue weighted by Crippen LogP contribution is 2.33. The lowest BCUT2D eigenvalue weighted by atomic mass is 9.93. The predicted octanol–water partition coefficient (Wildman–Crippen LogP) is 2.55. The standard InChI is InChI=1S/C15H26N2O2/c1-6-10(2)13-12-8-7-11(9-16-13)17(12)14(18)19-15(3,4)5/h6,10-13,16H,1,7-9H2,2-5H3/t10-,11+,12-,13-/m0/s1. The molecule has 2 heterocycles. The normalized spacial score (nSPS) is 32.0. The number of nitrogens with one attached hydrogen (secondary N) is 1. The molecule has 2 aliphatic heterocycles. The Morgan fingerprint density at radius 3 is 2.74 bits per heavy atom. The maximum atomic E-state index is 12.4. The molecule has 1 amide bonds. The van der Waals surface area contributed by atoms with Gasteiger partial charge in [-0.3, -0.25) is 4.90 Å². The Labute approximate surface area is 116 Å². The molecule has 2 bridgehead atoms. The van der Waals surface area contributed by atoms with Gasteiger partial charge in [-0.1, -0.05) is 13.0 Å². The number of piperazine rings is 1. The highest BCUT2D eigenvalue weighted by Gasteiger charge is 2.47. The molecule has 108 valence electrons. The fraction of sp³-hybridized carbons (Fsp3) is 0.800. The van der Waals surface area contributed by atoms with Crippen LogP contribution in [-0.2, 0) is 4.74 Å². The van der Waals surface area contributed by atoms with Gasteiger partial charge in [-0.2, -0.15) is 0 Å². The van der Waals surface area contributed by atoms with Crippen LogP contribution in [-0.4, -0.2) is 41.3 Å². The van der Waals surface area contributed by atoms with Gasteiger partial charge in [0.15, 0.2) is 0 Å². The van der Waals surface area contributed by atoms with Crippen LogP contribution in [0.4, 0.5) is 4.79 Å². The first-order valence-electron chi connectivity index (χ1n) is 7.20. The number of hydrogen-bond acceptors (Lipinski definition) is 3. The molecule has 4 atom stereocenters. The van der Waals surface area contributed by atoms with Crippen molar-refractivity contribution in [3.8, 4) is 0 Å². The quantitative estimate of drug-likeness (QED) is 0.781. The lowest BCUT2D eigenvalue weighted by Crippen LogP contribution is -2.61. The monoisotopic (exact) mass is 266 g/mol. The summed E-state index contributed by atoms with van der Waals surface area (Å²) in [5.74, 6) is 0.356. The van der Waals surface area contributed by atoms with Gasteiger partial charge >= 0.3 is 6.09 Å². The molecule has 2 saturated heterocycles. The van der Waals surface area contributed by atoms with Gasteiger partial charge in [0.2, 0.25) is 0 Å². The van der Waals surface area contributed by atoms with Gasteiger partial charge in [-0.15, -0.1) is 6.58 Å². The molecule has 0 aromatic rings. The lowest BCUT2D eigenvalue weighted by molar-refractivity contribution is 0.00204. The predicted molar refractivity (Wildman–Crippen MR) is 76.0 cm³/mol. The summed E-state index contributed by atoms with van der Waals surface area (Å²) in [6, 6.07) is 0.818. The highest BCUT2D eigenvalue weighted by atomic mass is 16.6. The Morgan fingerprint density at radius 1 is 1.47 bits per heavy atom. The van der Waals surface area contributed by atoms with E-state index in [0.717, 1.165) is 19.4 Å². The van der Waals surface area contributed by atoms with Crippen LogP contribution in [0.5, 0.6) is 0 Å². The first-order valence-corrected chi connectivity index (χ1v) is 7.20. The third-order valence-corrected chi connectivity index (χ3v) is 4.09. The number of hydrogen-bond donors (Lipinski definition) is 1. The third kappa shape index (κ3) is 2.94. The molecular weight excluding hydrogens is 240 g/mol. The highest BCUT2D eigenvalue weighted by molar-refractivity contribution is 5.70. The summed E-state index contributed by atoms with van der Waals surface area (Å²) in [5.41, 5.74) is -0.430. The molecule has 0 saturated carbocycles. The molecule has 2 rings (SSSR count). The second-order valence-electron chi connectivity index (χ2n) is 6.71. The molecule has 1 N–H and O–H groups in total. The first kappa shape index (κ1) is 14.4. The summed E-state index contributed by atoms with van der Waals surface area (Å²) in [4.78, 5) is 14.3. The minimum Gasteiger partial charge on any atom is -0.444 e. The minimum absolute atomic E-state index is 0.164. The van der Waals surface area contributed by atoms with E-state index in [0.29, 0.717) is 12.0 Å². The van der Waals surface area contributed by atoms with Crippen molar-refractivity contribution in [1.29, 1.82) is 0 Å². The summed E-state index contributed by atoms with van der Waals surface area (Å²) >= 11 is 0. The molecule has 19 heavy (non-hydrogen) atoms. The molecule has 2 aliphatic rings. The van der Waals surface area contributed by atoms with Crippen LogP contribution in [0.15, 0.2) is 12.7 Å². The number of carbonyl (C=O) groups excluding carboxylic acids is 1. The van der Waals surface area contributed by atoms with E-state index >= 15 is 0 Å². The van der Waals surface area contributed by atoms with E-state index in [1.54, 1.807) is 0 Å². The van der Waals surface area contributed by atoms with Crippen LogP contribution in [0.25, 0.3) is 0 Å². The van der Waals surface area contributed by atoms with Gasteiger partial charge in [0, 0.05) is 18.6 Å². The van der Waals surface area contributed by atoms with E-state index in [-0.39, 0.29) is 18.2 Å². The molecule has 4 nitrogen and oxygen atoms in total. The van der Waals surface area contributed by atoms with Crippen molar-refractivity contribution < 1.29 is 9.53 Å². The van der Waals surface area contributed by atoms with Gasteiger partial charge in [0.05, 0.1) is 6.04 Å². The average molecular weight is 266 g/mol. The second-order valence-corrected chi connectivity index (χ2v) is 6.71. The lowest BCUT2D eigenvalue weighted by Gasteiger charge is -2.42. The Balaban J connectivity index is 2.12.